The number of rotatable bonds is 5. The fourth-order valence-corrected chi connectivity index (χ4v) is 1.86. The summed E-state index contributed by atoms with van der Waals surface area (Å²) < 4.78 is 30.8. The van der Waals surface area contributed by atoms with E-state index in [1.54, 1.807) is 0 Å². The quantitative estimate of drug-likeness (QED) is 0.813. The van der Waals surface area contributed by atoms with Crippen LogP contribution in [0.4, 0.5) is 14.5 Å². The van der Waals surface area contributed by atoms with E-state index in [0.29, 0.717) is 0 Å². The second-order valence-corrected chi connectivity index (χ2v) is 4.56. The van der Waals surface area contributed by atoms with Gasteiger partial charge in [0.1, 0.15) is 0 Å². The SMILES string of the molecule is NCc1nnc(SCC(=O)Nc2ccc(F)c(F)c2)o1. The third kappa shape index (κ3) is 3.75. The summed E-state index contributed by atoms with van der Waals surface area (Å²) >= 11 is 1.02. The third-order valence-corrected chi connectivity index (χ3v) is 2.97. The average Bonchev–Trinajstić information content (AvgIpc) is 2.89. The first-order valence-electron chi connectivity index (χ1n) is 5.48. The van der Waals surface area contributed by atoms with Crippen LogP contribution >= 0.6 is 11.8 Å². The predicted molar refractivity (Wildman–Crippen MR) is 67.9 cm³/mol. The van der Waals surface area contributed by atoms with E-state index in [-0.39, 0.29) is 29.1 Å². The van der Waals surface area contributed by atoms with E-state index >= 15 is 0 Å². The van der Waals surface area contributed by atoms with Crippen molar-refractivity contribution in [3.63, 3.8) is 0 Å². The molecule has 0 saturated carbocycles. The van der Waals surface area contributed by atoms with Crippen LogP contribution in [0.15, 0.2) is 27.8 Å². The number of carbonyl (C=O) groups excluding carboxylic acids is 1. The standard InChI is InChI=1S/C11H10F2N4O2S/c12-7-2-1-6(3-8(7)13)15-9(18)5-20-11-17-16-10(4-14)19-11/h1-3H,4-5,14H2,(H,15,18). The zero-order valence-corrected chi connectivity index (χ0v) is 10.9. The van der Waals surface area contributed by atoms with Crippen LogP contribution in [-0.2, 0) is 11.3 Å². The van der Waals surface area contributed by atoms with Gasteiger partial charge in [-0.15, -0.1) is 10.2 Å². The molecular formula is C11H10F2N4O2S. The largest absolute Gasteiger partial charge is 0.415 e. The summed E-state index contributed by atoms with van der Waals surface area (Å²) in [5.74, 6) is -2.15. The molecule has 9 heteroatoms. The van der Waals surface area contributed by atoms with Crippen LogP contribution in [0.2, 0.25) is 0 Å². The van der Waals surface area contributed by atoms with Gasteiger partial charge in [0, 0.05) is 11.8 Å². The number of hydrogen-bond acceptors (Lipinski definition) is 6. The minimum absolute atomic E-state index is 0.00873. The molecule has 106 valence electrons. The Bertz CT molecular complexity index is 620. The summed E-state index contributed by atoms with van der Waals surface area (Å²) in [6, 6.07) is 3.10. The van der Waals surface area contributed by atoms with Crippen molar-refractivity contribution < 1.29 is 18.0 Å². The Morgan fingerprint density at radius 3 is 2.80 bits per heavy atom. The molecule has 0 saturated heterocycles. The Balaban J connectivity index is 1.87. The van der Waals surface area contributed by atoms with Crippen molar-refractivity contribution in [2.24, 2.45) is 5.73 Å². The molecule has 0 fully saturated rings. The minimum Gasteiger partial charge on any atom is -0.415 e. The summed E-state index contributed by atoms with van der Waals surface area (Å²) in [6.45, 7) is 0.120. The molecule has 1 heterocycles. The molecule has 20 heavy (non-hydrogen) atoms. The Kier molecular flexibility index (Phi) is 4.64. The molecule has 1 amide bonds. The van der Waals surface area contributed by atoms with Crippen molar-refractivity contribution in [1.82, 2.24) is 10.2 Å². The fourth-order valence-electron chi connectivity index (χ4n) is 1.28. The molecule has 0 aliphatic heterocycles. The molecule has 6 nitrogen and oxygen atoms in total. The number of anilines is 1. The molecule has 2 aromatic rings. The molecule has 2 rings (SSSR count). The number of aromatic nitrogens is 2. The number of nitrogens with one attached hydrogen (secondary N) is 1. The van der Waals surface area contributed by atoms with Gasteiger partial charge < -0.3 is 15.5 Å². The molecule has 0 atom stereocenters. The first-order valence-corrected chi connectivity index (χ1v) is 6.47. The van der Waals surface area contributed by atoms with Crippen LogP contribution in [0.1, 0.15) is 5.89 Å². The van der Waals surface area contributed by atoms with Crippen molar-refractivity contribution in [2.75, 3.05) is 11.1 Å². The van der Waals surface area contributed by atoms with Crippen LogP contribution < -0.4 is 11.1 Å². The van der Waals surface area contributed by atoms with Crippen LogP contribution in [0.5, 0.6) is 0 Å². The van der Waals surface area contributed by atoms with Gasteiger partial charge >= 0.3 is 0 Å². The zero-order valence-electron chi connectivity index (χ0n) is 10.1. The molecule has 0 unspecified atom stereocenters. The fraction of sp³-hybridized carbons (Fsp3) is 0.182. The lowest BCUT2D eigenvalue weighted by Gasteiger charge is -2.04. The maximum absolute atomic E-state index is 12.9. The number of nitrogens with zero attached hydrogens (tertiary/aromatic N) is 2. The lowest BCUT2D eigenvalue weighted by atomic mass is 10.3. The van der Waals surface area contributed by atoms with Crippen molar-refractivity contribution in [3.05, 3.63) is 35.7 Å². The van der Waals surface area contributed by atoms with Crippen LogP contribution in [-0.4, -0.2) is 21.9 Å². The summed E-state index contributed by atoms with van der Waals surface area (Å²) in [4.78, 5) is 11.6. The molecule has 3 N–H and O–H groups in total. The van der Waals surface area contributed by atoms with Gasteiger partial charge in [-0.25, -0.2) is 8.78 Å². The van der Waals surface area contributed by atoms with Crippen LogP contribution in [0.25, 0.3) is 0 Å². The first-order chi connectivity index (χ1) is 9.58. The van der Waals surface area contributed by atoms with Crippen molar-refractivity contribution >= 4 is 23.4 Å². The van der Waals surface area contributed by atoms with Gasteiger partial charge in [-0.2, -0.15) is 0 Å². The van der Waals surface area contributed by atoms with Gasteiger partial charge in [-0.3, -0.25) is 4.79 Å². The topological polar surface area (TPSA) is 94.0 Å². The molecule has 0 aliphatic rings. The third-order valence-electron chi connectivity index (χ3n) is 2.15. The maximum atomic E-state index is 12.9. The molecule has 0 bridgehead atoms. The Hall–Kier alpha value is -2.00. The van der Waals surface area contributed by atoms with E-state index in [9.17, 15) is 13.6 Å². The highest BCUT2D eigenvalue weighted by atomic mass is 32.2. The van der Waals surface area contributed by atoms with E-state index in [2.05, 4.69) is 15.5 Å². The summed E-state index contributed by atoms with van der Waals surface area (Å²) in [6.07, 6.45) is 0. The minimum atomic E-state index is -1.03. The highest BCUT2D eigenvalue weighted by Gasteiger charge is 2.10. The summed E-state index contributed by atoms with van der Waals surface area (Å²) in [7, 11) is 0. The van der Waals surface area contributed by atoms with Crippen molar-refractivity contribution in [2.45, 2.75) is 11.8 Å². The lowest BCUT2D eigenvalue weighted by Crippen LogP contribution is -2.14. The van der Waals surface area contributed by atoms with E-state index < -0.39 is 17.5 Å². The van der Waals surface area contributed by atoms with E-state index in [0.717, 1.165) is 23.9 Å². The van der Waals surface area contributed by atoms with Gasteiger partial charge in [0.2, 0.25) is 11.8 Å². The van der Waals surface area contributed by atoms with Gasteiger partial charge in [-0.05, 0) is 12.1 Å². The second kappa shape index (κ2) is 6.44. The zero-order chi connectivity index (χ0) is 14.5. The van der Waals surface area contributed by atoms with Crippen molar-refractivity contribution in [1.29, 1.82) is 0 Å². The number of thioether (sulfide) groups is 1. The monoisotopic (exact) mass is 300 g/mol. The highest BCUT2D eigenvalue weighted by molar-refractivity contribution is 7.99. The molecule has 0 radical (unpaired) electrons. The van der Waals surface area contributed by atoms with Crippen LogP contribution in [0, 0.1) is 11.6 Å². The van der Waals surface area contributed by atoms with Gasteiger partial charge in [0.25, 0.3) is 5.22 Å². The molecule has 0 aliphatic carbocycles. The molecule has 1 aromatic heterocycles. The van der Waals surface area contributed by atoms with Crippen LogP contribution in [0.3, 0.4) is 0 Å². The number of carbonyl (C=O) groups is 1. The number of hydrogen-bond donors (Lipinski definition) is 2. The molecule has 1 aromatic carbocycles. The average molecular weight is 300 g/mol. The first kappa shape index (κ1) is 14.4. The number of benzene rings is 1. The number of halogens is 2. The predicted octanol–water partition coefficient (Wildman–Crippen LogP) is 1.54. The maximum Gasteiger partial charge on any atom is 0.277 e. The Morgan fingerprint density at radius 1 is 1.35 bits per heavy atom. The molecule has 0 spiro atoms. The summed E-state index contributed by atoms with van der Waals surface area (Å²) in [5, 5.41) is 9.93. The Labute approximate surface area is 116 Å². The Morgan fingerprint density at radius 2 is 2.15 bits per heavy atom. The smallest absolute Gasteiger partial charge is 0.277 e. The summed E-state index contributed by atoms with van der Waals surface area (Å²) in [5.41, 5.74) is 5.47. The second-order valence-electron chi connectivity index (χ2n) is 3.63. The van der Waals surface area contributed by atoms with Crippen molar-refractivity contribution in [3.8, 4) is 0 Å². The highest BCUT2D eigenvalue weighted by Crippen LogP contribution is 2.17. The number of amides is 1. The van der Waals surface area contributed by atoms with Gasteiger partial charge in [0.05, 0.1) is 12.3 Å². The lowest BCUT2D eigenvalue weighted by molar-refractivity contribution is -0.113. The number of nitrogens with two attached hydrogens (primary N) is 1. The van der Waals surface area contributed by atoms with E-state index in [4.69, 9.17) is 10.2 Å². The van der Waals surface area contributed by atoms with E-state index in [1.165, 1.54) is 6.07 Å². The van der Waals surface area contributed by atoms with Gasteiger partial charge in [0.15, 0.2) is 11.6 Å². The normalized spacial score (nSPS) is 10.6. The van der Waals surface area contributed by atoms with E-state index in [1.807, 2.05) is 0 Å². The van der Waals surface area contributed by atoms with Gasteiger partial charge in [-0.1, -0.05) is 11.8 Å². The molecular weight excluding hydrogens is 290 g/mol.